The van der Waals surface area contributed by atoms with Crippen LogP contribution in [0.4, 0.5) is 16.2 Å². The Balaban J connectivity index is 2.04. The standard InChI is InChI=1S/C16H18N2O3S/c1-11-4-5-14(10-12(11)2)18-16(19)17-13-6-8-15(9-7-13)22(3,20)21/h4-10H,1-3H3,(H2,17,18,19). The van der Waals surface area contributed by atoms with E-state index in [0.717, 1.165) is 17.4 Å². The lowest BCUT2D eigenvalue weighted by Gasteiger charge is -2.09. The molecule has 2 aromatic rings. The van der Waals surface area contributed by atoms with E-state index in [-0.39, 0.29) is 10.9 Å². The summed E-state index contributed by atoms with van der Waals surface area (Å²) in [5, 5.41) is 5.39. The number of nitrogens with one attached hydrogen (secondary N) is 2. The van der Waals surface area contributed by atoms with Gasteiger partial charge < -0.3 is 10.6 Å². The fourth-order valence-electron chi connectivity index (χ4n) is 1.90. The van der Waals surface area contributed by atoms with Gasteiger partial charge in [0.15, 0.2) is 9.84 Å². The second-order valence-corrected chi connectivity index (χ2v) is 7.19. The summed E-state index contributed by atoms with van der Waals surface area (Å²) >= 11 is 0. The lowest BCUT2D eigenvalue weighted by Crippen LogP contribution is -2.19. The van der Waals surface area contributed by atoms with Crippen molar-refractivity contribution in [1.29, 1.82) is 0 Å². The molecule has 0 radical (unpaired) electrons. The van der Waals surface area contributed by atoms with Crippen LogP contribution in [0.3, 0.4) is 0 Å². The van der Waals surface area contributed by atoms with Crippen molar-refractivity contribution in [2.45, 2.75) is 18.7 Å². The van der Waals surface area contributed by atoms with Gasteiger partial charge in [0.1, 0.15) is 0 Å². The van der Waals surface area contributed by atoms with E-state index in [1.54, 1.807) is 12.1 Å². The van der Waals surface area contributed by atoms with Crippen molar-refractivity contribution in [3.05, 3.63) is 53.6 Å². The highest BCUT2D eigenvalue weighted by molar-refractivity contribution is 7.90. The van der Waals surface area contributed by atoms with Crippen LogP contribution in [-0.2, 0) is 9.84 Å². The van der Waals surface area contributed by atoms with Crippen molar-refractivity contribution in [3.8, 4) is 0 Å². The summed E-state index contributed by atoms with van der Waals surface area (Å²) in [6.07, 6.45) is 1.14. The summed E-state index contributed by atoms with van der Waals surface area (Å²) < 4.78 is 22.7. The number of urea groups is 1. The Morgan fingerprint density at radius 1 is 0.864 bits per heavy atom. The molecule has 116 valence electrons. The summed E-state index contributed by atoms with van der Waals surface area (Å²) in [7, 11) is -3.23. The van der Waals surface area contributed by atoms with Crippen LogP contribution in [0, 0.1) is 13.8 Å². The van der Waals surface area contributed by atoms with E-state index in [1.165, 1.54) is 12.1 Å². The largest absolute Gasteiger partial charge is 0.323 e. The molecule has 2 aromatic carbocycles. The van der Waals surface area contributed by atoms with Crippen LogP contribution in [0.2, 0.25) is 0 Å². The molecule has 0 atom stereocenters. The quantitative estimate of drug-likeness (QED) is 0.911. The molecule has 0 heterocycles. The maximum Gasteiger partial charge on any atom is 0.323 e. The number of sulfone groups is 1. The van der Waals surface area contributed by atoms with Gasteiger partial charge in [-0.3, -0.25) is 0 Å². The molecular weight excluding hydrogens is 300 g/mol. The van der Waals surface area contributed by atoms with Crippen molar-refractivity contribution in [1.82, 2.24) is 0 Å². The molecule has 0 bridgehead atoms. The number of rotatable bonds is 3. The van der Waals surface area contributed by atoms with Crippen LogP contribution in [-0.4, -0.2) is 20.7 Å². The zero-order chi connectivity index (χ0) is 16.3. The van der Waals surface area contributed by atoms with Gasteiger partial charge in [0.25, 0.3) is 0 Å². The first-order valence-electron chi connectivity index (χ1n) is 6.71. The fourth-order valence-corrected chi connectivity index (χ4v) is 2.53. The Morgan fingerprint density at radius 2 is 1.41 bits per heavy atom. The zero-order valence-corrected chi connectivity index (χ0v) is 13.5. The van der Waals surface area contributed by atoms with Gasteiger partial charge in [0.2, 0.25) is 0 Å². The van der Waals surface area contributed by atoms with E-state index in [9.17, 15) is 13.2 Å². The zero-order valence-electron chi connectivity index (χ0n) is 12.7. The van der Waals surface area contributed by atoms with Crippen molar-refractivity contribution in [3.63, 3.8) is 0 Å². The van der Waals surface area contributed by atoms with Crippen LogP contribution < -0.4 is 10.6 Å². The van der Waals surface area contributed by atoms with Crippen molar-refractivity contribution in [2.75, 3.05) is 16.9 Å². The third kappa shape index (κ3) is 4.08. The minimum atomic E-state index is -3.23. The normalized spacial score (nSPS) is 11.0. The number of hydrogen-bond donors (Lipinski definition) is 2. The smallest absolute Gasteiger partial charge is 0.308 e. The molecule has 2 N–H and O–H groups in total. The molecular formula is C16H18N2O3S. The van der Waals surface area contributed by atoms with E-state index in [1.807, 2.05) is 32.0 Å². The van der Waals surface area contributed by atoms with E-state index >= 15 is 0 Å². The molecule has 2 amide bonds. The first-order valence-corrected chi connectivity index (χ1v) is 8.60. The Kier molecular flexibility index (Phi) is 4.51. The minimum absolute atomic E-state index is 0.215. The first kappa shape index (κ1) is 16.0. The highest BCUT2D eigenvalue weighted by Crippen LogP contribution is 2.16. The summed E-state index contributed by atoms with van der Waals surface area (Å²) in [6.45, 7) is 3.98. The van der Waals surface area contributed by atoms with Gasteiger partial charge in [-0.1, -0.05) is 6.07 Å². The van der Waals surface area contributed by atoms with Crippen LogP contribution in [0.5, 0.6) is 0 Å². The monoisotopic (exact) mass is 318 g/mol. The van der Waals surface area contributed by atoms with Crippen molar-refractivity contribution < 1.29 is 13.2 Å². The van der Waals surface area contributed by atoms with E-state index in [4.69, 9.17) is 0 Å². The number of aryl methyl sites for hydroxylation is 2. The Morgan fingerprint density at radius 3 is 1.95 bits per heavy atom. The molecule has 0 saturated heterocycles. The molecule has 0 aliphatic heterocycles. The topological polar surface area (TPSA) is 75.3 Å². The molecule has 6 heteroatoms. The molecule has 0 aliphatic carbocycles. The lowest BCUT2D eigenvalue weighted by atomic mass is 10.1. The second-order valence-electron chi connectivity index (χ2n) is 5.17. The summed E-state index contributed by atoms with van der Waals surface area (Å²) in [5.74, 6) is 0. The van der Waals surface area contributed by atoms with Gasteiger partial charge in [0.05, 0.1) is 4.90 Å². The molecule has 0 aliphatic rings. The summed E-state index contributed by atoms with van der Waals surface area (Å²) in [6, 6.07) is 11.3. The van der Waals surface area contributed by atoms with Gasteiger partial charge in [-0.2, -0.15) is 0 Å². The molecule has 0 saturated carbocycles. The predicted molar refractivity (Wildman–Crippen MR) is 88.1 cm³/mol. The van der Waals surface area contributed by atoms with Gasteiger partial charge in [-0.05, 0) is 61.4 Å². The predicted octanol–water partition coefficient (Wildman–Crippen LogP) is 3.35. The first-order chi connectivity index (χ1) is 10.3. The summed E-state index contributed by atoms with van der Waals surface area (Å²) in [5.41, 5.74) is 3.47. The molecule has 0 fully saturated rings. The van der Waals surface area contributed by atoms with Gasteiger partial charge in [0, 0.05) is 17.6 Å². The van der Waals surface area contributed by atoms with Crippen LogP contribution >= 0.6 is 0 Å². The lowest BCUT2D eigenvalue weighted by molar-refractivity contribution is 0.262. The van der Waals surface area contributed by atoms with E-state index in [2.05, 4.69) is 10.6 Å². The van der Waals surface area contributed by atoms with Crippen molar-refractivity contribution in [2.24, 2.45) is 0 Å². The van der Waals surface area contributed by atoms with Crippen molar-refractivity contribution >= 4 is 27.2 Å². The second kappa shape index (κ2) is 6.19. The summed E-state index contributed by atoms with van der Waals surface area (Å²) in [4.78, 5) is 12.1. The SMILES string of the molecule is Cc1ccc(NC(=O)Nc2ccc(S(C)(=O)=O)cc2)cc1C. The average Bonchev–Trinajstić information content (AvgIpc) is 2.42. The third-order valence-corrected chi connectivity index (χ3v) is 4.43. The highest BCUT2D eigenvalue weighted by atomic mass is 32.2. The number of anilines is 2. The maximum atomic E-state index is 11.9. The third-order valence-electron chi connectivity index (χ3n) is 3.31. The highest BCUT2D eigenvalue weighted by Gasteiger charge is 2.08. The fraction of sp³-hybridized carbons (Fsp3) is 0.188. The molecule has 2 rings (SSSR count). The maximum absolute atomic E-state index is 11.9. The Labute approximate surface area is 130 Å². The van der Waals surface area contributed by atoms with Gasteiger partial charge in [-0.15, -0.1) is 0 Å². The number of hydrogen-bond acceptors (Lipinski definition) is 3. The van der Waals surface area contributed by atoms with E-state index < -0.39 is 9.84 Å². The number of carbonyl (C=O) groups is 1. The number of benzene rings is 2. The minimum Gasteiger partial charge on any atom is -0.308 e. The van der Waals surface area contributed by atoms with Crippen LogP contribution in [0.1, 0.15) is 11.1 Å². The van der Waals surface area contributed by atoms with E-state index in [0.29, 0.717) is 11.4 Å². The average molecular weight is 318 g/mol. The Bertz CT molecular complexity index is 797. The van der Waals surface area contributed by atoms with Gasteiger partial charge in [-0.25, -0.2) is 13.2 Å². The van der Waals surface area contributed by atoms with Gasteiger partial charge >= 0.3 is 6.03 Å². The van der Waals surface area contributed by atoms with Crippen LogP contribution in [0.25, 0.3) is 0 Å². The molecule has 22 heavy (non-hydrogen) atoms. The Hall–Kier alpha value is -2.34. The number of carbonyl (C=O) groups excluding carboxylic acids is 1. The molecule has 0 unspecified atom stereocenters. The number of amides is 2. The molecule has 5 nitrogen and oxygen atoms in total. The van der Waals surface area contributed by atoms with Crippen LogP contribution in [0.15, 0.2) is 47.4 Å². The molecule has 0 aromatic heterocycles. The molecule has 0 spiro atoms.